The van der Waals surface area contributed by atoms with Gasteiger partial charge in [0.25, 0.3) is 5.91 Å². The van der Waals surface area contributed by atoms with Gasteiger partial charge in [0.15, 0.2) is 11.5 Å². The smallest absolute Gasteiger partial charge is 0.256 e. The Kier molecular flexibility index (Phi) is 3.03. The lowest BCUT2D eigenvalue weighted by Crippen LogP contribution is -2.75. The van der Waals surface area contributed by atoms with Crippen molar-refractivity contribution in [3.8, 4) is 17.2 Å². The Bertz CT molecular complexity index is 737. The fourth-order valence-electron chi connectivity index (χ4n) is 3.60. The van der Waals surface area contributed by atoms with Crippen molar-refractivity contribution in [2.75, 3.05) is 6.79 Å². The summed E-state index contributed by atoms with van der Waals surface area (Å²) in [4.78, 5) is 12.3. The van der Waals surface area contributed by atoms with Gasteiger partial charge < -0.3 is 45.4 Å². The second-order valence-electron chi connectivity index (χ2n) is 6.07. The molecule has 0 radical (unpaired) electrons. The van der Waals surface area contributed by atoms with Gasteiger partial charge in [-0.15, -0.1) is 0 Å². The molecule has 24 heavy (non-hydrogen) atoms. The molecule has 2 heterocycles. The maximum atomic E-state index is 12.3. The van der Waals surface area contributed by atoms with Crippen molar-refractivity contribution < 1.29 is 44.9 Å². The highest BCUT2D eigenvalue weighted by Gasteiger charge is 2.62. The minimum atomic E-state index is -2.36. The quantitative estimate of drug-likeness (QED) is 0.258. The molecular weight excluding hydrogens is 326 g/mol. The number of phenolic OH excluding ortho intramolecular Hbond substituents is 1. The molecule has 130 valence electrons. The zero-order chi connectivity index (χ0) is 17.4. The van der Waals surface area contributed by atoms with Crippen LogP contribution in [0.1, 0.15) is 15.9 Å². The van der Waals surface area contributed by atoms with Gasteiger partial charge in [0.05, 0.1) is 11.6 Å². The molecular formula is C14H15NO9. The van der Waals surface area contributed by atoms with Gasteiger partial charge in [0, 0.05) is 5.56 Å². The van der Waals surface area contributed by atoms with Crippen molar-refractivity contribution in [1.82, 2.24) is 5.32 Å². The minimum absolute atomic E-state index is 0.0374. The summed E-state index contributed by atoms with van der Waals surface area (Å²) < 4.78 is 10.2. The Labute approximate surface area is 134 Å². The van der Waals surface area contributed by atoms with Crippen LogP contribution in [0, 0.1) is 0 Å². The Morgan fingerprint density at radius 1 is 1.12 bits per heavy atom. The van der Waals surface area contributed by atoms with Gasteiger partial charge in [0.1, 0.15) is 30.0 Å². The molecule has 0 spiro atoms. The van der Waals surface area contributed by atoms with Crippen LogP contribution in [-0.2, 0) is 5.60 Å². The maximum absolute atomic E-state index is 12.3. The van der Waals surface area contributed by atoms with Crippen LogP contribution in [-0.4, -0.2) is 73.8 Å². The van der Waals surface area contributed by atoms with Gasteiger partial charge in [-0.2, -0.15) is 0 Å². The molecule has 1 saturated carbocycles. The third-order valence-electron chi connectivity index (χ3n) is 4.87. The minimum Gasteiger partial charge on any atom is -0.504 e. The van der Waals surface area contributed by atoms with Crippen LogP contribution in [0.25, 0.3) is 0 Å². The van der Waals surface area contributed by atoms with E-state index in [0.29, 0.717) is 0 Å². The molecule has 2 aliphatic heterocycles. The molecule has 3 aliphatic rings. The number of aliphatic hydroxyl groups excluding tert-OH is 4. The molecule has 0 unspecified atom stereocenters. The van der Waals surface area contributed by atoms with E-state index in [1.165, 1.54) is 6.07 Å². The van der Waals surface area contributed by atoms with E-state index < -0.39 is 47.7 Å². The molecule has 1 aliphatic carbocycles. The van der Waals surface area contributed by atoms with Crippen LogP contribution >= 0.6 is 0 Å². The van der Waals surface area contributed by atoms with E-state index in [-0.39, 0.29) is 29.4 Å². The first kappa shape index (κ1) is 15.4. The van der Waals surface area contributed by atoms with Gasteiger partial charge in [-0.1, -0.05) is 0 Å². The molecule has 10 heteroatoms. The van der Waals surface area contributed by atoms with Crippen molar-refractivity contribution in [3.63, 3.8) is 0 Å². The van der Waals surface area contributed by atoms with E-state index in [1.54, 1.807) is 0 Å². The lowest BCUT2D eigenvalue weighted by Gasteiger charge is -2.52. The first-order valence-corrected chi connectivity index (χ1v) is 7.20. The van der Waals surface area contributed by atoms with Gasteiger partial charge in [0.2, 0.25) is 12.5 Å². The van der Waals surface area contributed by atoms with Crippen molar-refractivity contribution >= 4 is 5.91 Å². The van der Waals surface area contributed by atoms with Gasteiger partial charge in [-0.25, -0.2) is 0 Å². The van der Waals surface area contributed by atoms with Crippen LogP contribution < -0.4 is 14.8 Å². The summed E-state index contributed by atoms with van der Waals surface area (Å²) in [6.45, 7) is -0.207. The number of aromatic hydroxyl groups is 1. The summed E-state index contributed by atoms with van der Waals surface area (Å²) in [7, 11) is 0. The van der Waals surface area contributed by atoms with Gasteiger partial charge >= 0.3 is 0 Å². The van der Waals surface area contributed by atoms with Crippen molar-refractivity contribution in [2.45, 2.75) is 36.1 Å². The summed E-state index contributed by atoms with van der Waals surface area (Å²) in [5.74, 6) is -1.48. The Balaban J connectivity index is 1.98. The number of hydrogen-bond donors (Lipinski definition) is 7. The predicted octanol–water partition coefficient (Wildman–Crippen LogP) is -3.12. The fraction of sp³-hybridized carbons (Fsp3) is 0.500. The maximum Gasteiger partial charge on any atom is 0.256 e. The van der Waals surface area contributed by atoms with E-state index in [0.717, 1.165) is 0 Å². The number of ether oxygens (including phenoxy) is 2. The second kappa shape index (κ2) is 4.71. The van der Waals surface area contributed by atoms with E-state index >= 15 is 0 Å². The third kappa shape index (κ3) is 1.63. The molecule has 0 aromatic heterocycles. The Morgan fingerprint density at radius 3 is 2.54 bits per heavy atom. The topological polar surface area (TPSA) is 169 Å². The number of phenols is 1. The number of hydrogen-bond acceptors (Lipinski definition) is 9. The normalized spacial score (nSPS) is 39.9. The lowest BCUT2D eigenvalue weighted by atomic mass is 9.66. The molecule has 1 fully saturated rings. The van der Waals surface area contributed by atoms with E-state index in [2.05, 4.69) is 5.32 Å². The summed E-state index contributed by atoms with van der Waals surface area (Å²) >= 11 is 0. The van der Waals surface area contributed by atoms with Crippen LogP contribution in [0.15, 0.2) is 6.07 Å². The highest BCUT2D eigenvalue weighted by Crippen LogP contribution is 2.51. The average Bonchev–Trinajstić information content (AvgIpc) is 3.03. The average molecular weight is 341 g/mol. The van der Waals surface area contributed by atoms with E-state index in [9.17, 15) is 35.4 Å². The molecule has 0 saturated heterocycles. The summed E-state index contributed by atoms with van der Waals surface area (Å²) in [6, 6.07) is -0.311. The van der Waals surface area contributed by atoms with Crippen LogP contribution in [0.4, 0.5) is 0 Å². The number of aliphatic hydroxyl groups is 5. The third-order valence-corrected chi connectivity index (χ3v) is 4.87. The molecule has 7 N–H and O–H groups in total. The summed E-state index contributed by atoms with van der Waals surface area (Å²) in [6.07, 6.45) is -7.36. The molecule has 1 aromatic rings. The Morgan fingerprint density at radius 2 is 1.83 bits per heavy atom. The van der Waals surface area contributed by atoms with Crippen molar-refractivity contribution in [2.24, 2.45) is 0 Å². The first-order valence-electron chi connectivity index (χ1n) is 7.20. The highest BCUT2D eigenvalue weighted by atomic mass is 16.7. The van der Waals surface area contributed by atoms with Gasteiger partial charge in [-0.3, -0.25) is 4.79 Å². The highest BCUT2D eigenvalue weighted by molar-refractivity contribution is 6.02. The van der Waals surface area contributed by atoms with Crippen LogP contribution in [0.2, 0.25) is 0 Å². The molecule has 1 amide bonds. The number of carbonyl (C=O) groups excluding carboxylic acids is 1. The summed E-state index contributed by atoms with van der Waals surface area (Å²) in [5.41, 5.74) is -2.97. The van der Waals surface area contributed by atoms with Crippen LogP contribution in [0.3, 0.4) is 0 Å². The zero-order valence-electron chi connectivity index (χ0n) is 12.1. The monoisotopic (exact) mass is 341 g/mol. The van der Waals surface area contributed by atoms with Crippen molar-refractivity contribution in [1.29, 1.82) is 0 Å². The van der Waals surface area contributed by atoms with E-state index in [4.69, 9.17) is 9.47 Å². The predicted molar refractivity (Wildman–Crippen MR) is 73.4 cm³/mol. The SMILES string of the molecule is O=C1N[C@H]2[C@H](O)[C@H](O)[C@@H](O)[C@@H](O)[C@]2(O)c2cc3c(c(O)c21)OCO3. The summed E-state index contributed by atoms with van der Waals surface area (Å²) in [5, 5.41) is 63.7. The standard InChI is InChI=1S/C14H15NO9/c16-6-5-3(1-4-10(6)24-2-23-4)14(22)11(15-13(5)21)8(18)7(17)9(19)12(14)20/h1,7-9,11-12,16-20,22H,2H2,(H,15,21)/t7-,8+,9+,11-,12+,14-/m0/s1. The molecule has 6 atom stereocenters. The van der Waals surface area contributed by atoms with Crippen molar-refractivity contribution in [3.05, 3.63) is 17.2 Å². The lowest BCUT2D eigenvalue weighted by molar-refractivity contribution is -0.238. The van der Waals surface area contributed by atoms with Crippen LogP contribution in [0.5, 0.6) is 17.2 Å². The fourth-order valence-corrected chi connectivity index (χ4v) is 3.60. The number of rotatable bonds is 0. The van der Waals surface area contributed by atoms with Gasteiger partial charge in [-0.05, 0) is 6.07 Å². The molecule has 1 aromatic carbocycles. The number of fused-ring (bicyclic) bond motifs is 4. The largest absolute Gasteiger partial charge is 0.504 e. The number of amides is 1. The molecule has 10 nitrogen and oxygen atoms in total. The second-order valence-corrected chi connectivity index (χ2v) is 6.07. The molecule has 0 bridgehead atoms. The first-order chi connectivity index (χ1) is 11.3. The zero-order valence-corrected chi connectivity index (χ0v) is 12.1. The Hall–Kier alpha value is -2.11. The van der Waals surface area contributed by atoms with E-state index in [1.807, 2.05) is 0 Å². The number of carbonyl (C=O) groups is 1. The number of benzene rings is 1. The molecule has 4 rings (SSSR count). The number of nitrogens with one attached hydrogen (secondary N) is 1.